The van der Waals surface area contributed by atoms with Crippen LogP contribution in [0.3, 0.4) is 0 Å². The van der Waals surface area contributed by atoms with Crippen LogP contribution in [-0.2, 0) is 11.2 Å². The molecule has 0 saturated carbocycles. The van der Waals surface area contributed by atoms with Crippen LogP contribution in [-0.4, -0.2) is 36.3 Å². The third-order valence-corrected chi connectivity index (χ3v) is 3.14. The van der Waals surface area contributed by atoms with E-state index in [2.05, 4.69) is 5.32 Å². The van der Waals surface area contributed by atoms with Gasteiger partial charge in [0.2, 0.25) is 6.41 Å². The van der Waals surface area contributed by atoms with E-state index in [0.29, 0.717) is 25.1 Å². The lowest BCUT2D eigenvalue weighted by Crippen LogP contribution is -2.57. The zero-order valence-corrected chi connectivity index (χ0v) is 12.3. The lowest BCUT2D eigenvalue weighted by Gasteiger charge is -2.37. The SMILES string of the molecule is CC.CCc1cc(C(=O)N2CC(N)C2)ccc1NC=O. The monoisotopic (exact) mass is 277 g/mol. The van der Waals surface area contributed by atoms with Gasteiger partial charge in [-0.25, -0.2) is 0 Å². The van der Waals surface area contributed by atoms with Crippen LogP contribution in [0.1, 0.15) is 36.7 Å². The predicted octanol–water partition coefficient (Wildman–Crippen LogP) is 1.63. The lowest BCUT2D eigenvalue weighted by atomic mass is 10.0. The molecule has 1 aromatic carbocycles. The zero-order chi connectivity index (χ0) is 15.1. The van der Waals surface area contributed by atoms with Gasteiger partial charge in [0.1, 0.15) is 0 Å². The van der Waals surface area contributed by atoms with Gasteiger partial charge in [-0.3, -0.25) is 9.59 Å². The maximum absolute atomic E-state index is 12.1. The minimum atomic E-state index is 0.00375. The average molecular weight is 277 g/mol. The van der Waals surface area contributed by atoms with Crippen LogP contribution in [0, 0.1) is 0 Å². The van der Waals surface area contributed by atoms with Crippen molar-refractivity contribution >= 4 is 18.0 Å². The second kappa shape index (κ2) is 7.65. The molecule has 0 unspecified atom stereocenters. The van der Waals surface area contributed by atoms with Gasteiger partial charge >= 0.3 is 0 Å². The Labute approximate surface area is 120 Å². The molecule has 2 rings (SSSR count). The number of nitrogens with one attached hydrogen (secondary N) is 1. The molecule has 110 valence electrons. The summed E-state index contributed by atoms with van der Waals surface area (Å²) in [6, 6.07) is 5.44. The summed E-state index contributed by atoms with van der Waals surface area (Å²) < 4.78 is 0. The van der Waals surface area contributed by atoms with Crippen molar-refractivity contribution in [2.75, 3.05) is 18.4 Å². The molecule has 20 heavy (non-hydrogen) atoms. The number of amides is 2. The van der Waals surface area contributed by atoms with Gasteiger partial charge in [-0.15, -0.1) is 0 Å². The normalized spacial score (nSPS) is 13.9. The molecule has 3 N–H and O–H groups in total. The summed E-state index contributed by atoms with van der Waals surface area (Å²) in [6.45, 7) is 7.22. The molecule has 1 saturated heterocycles. The fourth-order valence-electron chi connectivity index (χ4n) is 2.08. The number of aryl methyl sites for hydroxylation is 1. The molecule has 1 fully saturated rings. The second-order valence-electron chi connectivity index (χ2n) is 4.46. The van der Waals surface area contributed by atoms with E-state index in [1.807, 2.05) is 26.8 Å². The molecule has 0 radical (unpaired) electrons. The first-order valence-electron chi connectivity index (χ1n) is 7.03. The van der Waals surface area contributed by atoms with E-state index in [4.69, 9.17) is 5.73 Å². The number of anilines is 1. The van der Waals surface area contributed by atoms with Gasteiger partial charge in [0.05, 0.1) is 0 Å². The summed E-state index contributed by atoms with van der Waals surface area (Å²) in [7, 11) is 0. The van der Waals surface area contributed by atoms with Crippen LogP contribution >= 0.6 is 0 Å². The molecule has 1 aromatic rings. The van der Waals surface area contributed by atoms with Crippen LogP contribution in [0.4, 0.5) is 5.69 Å². The van der Waals surface area contributed by atoms with Gasteiger partial charge in [0.15, 0.2) is 0 Å². The first-order chi connectivity index (χ1) is 9.65. The summed E-state index contributed by atoms with van der Waals surface area (Å²) in [6.07, 6.45) is 1.40. The average Bonchev–Trinajstić information content (AvgIpc) is 2.46. The van der Waals surface area contributed by atoms with Crippen molar-refractivity contribution in [1.82, 2.24) is 4.90 Å². The standard InChI is InChI=1S/C13H17N3O2.C2H6/c1-2-9-5-10(3-4-12(9)15-8-17)13(18)16-6-11(14)7-16;1-2/h3-5,8,11H,2,6-7,14H2,1H3,(H,15,17);1-2H3. The van der Waals surface area contributed by atoms with Crippen LogP contribution in [0.15, 0.2) is 18.2 Å². The first-order valence-corrected chi connectivity index (χ1v) is 7.03. The van der Waals surface area contributed by atoms with Crippen molar-refractivity contribution < 1.29 is 9.59 Å². The number of nitrogens with two attached hydrogens (primary N) is 1. The van der Waals surface area contributed by atoms with Gasteiger partial charge in [0, 0.05) is 30.4 Å². The summed E-state index contributed by atoms with van der Waals surface area (Å²) in [5.74, 6) is 0.00375. The quantitative estimate of drug-likeness (QED) is 0.821. The minimum absolute atomic E-state index is 0.00375. The number of carbonyl (C=O) groups is 2. The molecule has 1 aliphatic heterocycles. The maximum atomic E-state index is 12.1. The molecule has 1 heterocycles. The Bertz CT molecular complexity index is 468. The molecule has 5 nitrogen and oxygen atoms in total. The fourth-order valence-corrected chi connectivity index (χ4v) is 2.08. The van der Waals surface area contributed by atoms with E-state index in [1.54, 1.807) is 17.0 Å². The van der Waals surface area contributed by atoms with Gasteiger partial charge in [-0.2, -0.15) is 0 Å². The maximum Gasteiger partial charge on any atom is 0.253 e. The highest BCUT2D eigenvalue weighted by molar-refractivity contribution is 5.95. The Morgan fingerprint density at radius 1 is 1.45 bits per heavy atom. The zero-order valence-electron chi connectivity index (χ0n) is 12.3. The highest BCUT2D eigenvalue weighted by atomic mass is 16.2. The lowest BCUT2D eigenvalue weighted by molar-refractivity contribution is -0.105. The number of likely N-dealkylation sites (tertiary alicyclic amines) is 1. The van der Waals surface area contributed by atoms with Crippen LogP contribution < -0.4 is 11.1 Å². The number of rotatable bonds is 4. The van der Waals surface area contributed by atoms with E-state index in [9.17, 15) is 9.59 Å². The minimum Gasteiger partial charge on any atom is -0.335 e. The number of nitrogens with zero attached hydrogens (tertiary/aromatic N) is 1. The molecule has 5 heteroatoms. The molecular weight excluding hydrogens is 254 g/mol. The number of hydrogen-bond donors (Lipinski definition) is 2. The summed E-state index contributed by atoms with van der Waals surface area (Å²) in [4.78, 5) is 24.3. The Morgan fingerprint density at radius 2 is 2.10 bits per heavy atom. The van der Waals surface area contributed by atoms with Gasteiger partial charge in [0.25, 0.3) is 5.91 Å². The topological polar surface area (TPSA) is 75.4 Å². The van der Waals surface area contributed by atoms with Crippen molar-refractivity contribution in [2.24, 2.45) is 5.73 Å². The Kier molecular flexibility index (Phi) is 6.18. The van der Waals surface area contributed by atoms with Gasteiger partial charge < -0.3 is 16.0 Å². The number of hydrogen-bond acceptors (Lipinski definition) is 3. The van der Waals surface area contributed by atoms with E-state index >= 15 is 0 Å². The largest absolute Gasteiger partial charge is 0.335 e. The van der Waals surface area contributed by atoms with E-state index < -0.39 is 0 Å². The summed E-state index contributed by atoms with van der Waals surface area (Å²) in [5.41, 5.74) is 8.02. The highest BCUT2D eigenvalue weighted by Crippen LogP contribution is 2.20. The number of benzene rings is 1. The molecule has 1 aliphatic rings. The molecular formula is C15H23N3O2. The van der Waals surface area contributed by atoms with Gasteiger partial charge in [-0.1, -0.05) is 20.8 Å². The summed E-state index contributed by atoms with van der Waals surface area (Å²) >= 11 is 0. The molecule has 0 bridgehead atoms. The van der Waals surface area contributed by atoms with E-state index in [0.717, 1.165) is 17.7 Å². The third kappa shape index (κ3) is 3.57. The predicted molar refractivity (Wildman–Crippen MR) is 80.7 cm³/mol. The van der Waals surface area contributed by atoms with Crippen molar-refractivity contribution in [1.29, 1.82) is 0 Å². The smallest absolute Gasteiger partial charge is 0.253 e. The molecule has 0 atom stereocenters. The van der Waals surface area contributed by atoms with Crippen LogP contribution in [0.2, 0.25) is 0 Å². The van der Waals surface area contributed by atoms with Crippen molar-refractivity contribution in [3.8, 4) is 0 Å². The number of carbonyl (C=O) groups excluding carboxylic acids is 2. The second-order valence-corrected chi connectivity index (χ2v) is 4.46. The summed E-state index contributed by atoms with van der Waals surface area (Å²) in [5, 5.41) is 2.63. The van der Waals surface area contributed by atoms with Crippen molar-refractivity contribution in [2.45, 2.75) is 33.2 Å². The Balaban J connectivity index is 0.000000956. The van der Waals surface area contributed by atoms with Crippen LogP contribution in [0.25, 0.3) is 0 Å². The molecule has 2 amide bonds. The van der Waals surface area contributed by atoms with Crippen LogP contribution in [0.5, 0.6) is 0 Å². The van der Waals surface area contributed by atoms with E-state index in [-0.39, 0.29) is 11.9 Å². The molecule has 0 spiro atoms. The Morgan fingerprint density at radius 3 is 2.60 bits per heavy atom. The van der Waals surface area contributed by atoms with Crippen molar-refractivity contribution in [3.63, 3.8) is 0 Å². The van der Waals surface area contributed by atoms with Gasteiger partial charge in [-0.05, 0) is 30.2 Å². The van der Waals surface area contributed by atoms with Crippen molar-refractivity contribution in [3.05, 3.63) is 29.3 Å². The molecule has 0 aliphatic carbocycles. The third-order valence-electron chi connectivity index (χ3n) is 3.14. The molecule has 0 aromatic heterocycles. The highest BCUT2D eigenvalue weighted by Gasteiger charge is 2.28. The first kappa shape index (κ1) is 16.2. The Hall–Kier alpha value is -1.88. The fraction of sp³-hybridized carbons (Fsp3) is 0.467. The van der Waals surface area contributed by atoms with E-state index in [1.165, 1.54) is 0 Å².